The lowest BCUT2D eigenvalue weighted by Crippen LogP contribution is -2.42. The molecule has 0 saturated carbocycles. The molecule has 0 spiro atoms. The quantitative estimate of drug-likeness (QED) is 0.854. The highest BCUT2D eigenvalue weighted by Gasteiger charge is 2.37. The van der Waals surface area contributed by atoms with Crippen molar-refractivity contribution in [1.29, 1.82) is 0 Å². The van der Waals surface area contributed by atoms with Crippen molar-refractivity contribution in [2.75, 3.05) is 25.5 Å². The van der Waals surface area contributed by atoms with Crippen molar-refractivity contribution >= 4 is 11.7 Å². The predicted molar refractivity (Wildman–Crippen MR) is 74.2 cm³/mol. The first-order chi connectivity index (χ1) is 9.28. The molecule has 1 amide bonds. The number of nitrogens with zero attached hydrogens (tertiary/aromatic N) is 2. The SMILES string of the molecule is CNc1cccc(C(=O)NC2CCN3CCCC23)n1. The minimum Gasteiger partial charge on any atom is -0.373 e. The lowest BCUT2D eigenvalue weighted by atomic mass is 10.1. The molecule has 1 aromatic heterocycles. The zero-order valence-electron chi connectivity index (χ0n) is 11.2. The Morgan fingerprint density at radius 2 is 2.26 bits per heavy atom. The molecular weight excluding hydrogens is 240 g/mol. The van der Waals surface area contributed by atoms with Gasteiger partial charge in [0.2, 0.25) is 0 Å². The topological polar surface area (TPSA) is 57.3 Å². The standard InChI is InChI=1S/C14H20N4O/c1-15-13-6-2-4-11(16-13)14(19)17-10-7-9-18-8-3-5-12(10)18/h2,4,6,10,12H,3,5,7-9H2,1H3,(H,15,16)(H,17,19). The van der Waals surface area contributed by atoms with Crippen LogP contribution in [0.15, 0.2) is 18.2 Å². The second-order valence-corrected chi connectivity index (χ2v) is 5.27. The van der Waals surface area contributed by atoms with E-state index in [-0.39, 0.29) is 11.9 Å². The number of hydrogen-bond acceptors (Lipinski definition) is 4. The summed E-state index contributed by atoms with van der Waals surface area (Å²) < 4.78 is 0. The van der Waals surface area contributed by atoms with Gasteiger partial charge in [0.1, 0.15) is 11.5 Å². The number of hydrogen-bond donors (Lipinski definition) is 2. The molecule has 0 aliphatic carbocycles. The van der Waals surface area contributed by atoms with Gasteiger partial charge >= 0.3 is 0 Å². The van der Waals surface area contributed by atoms with Gasteiger partial charge in [-0.2, -0.15) is 0 Å². The second-order valence-electron chi connectivity index (χ2n) is 5.27. The maximum Gasteiger partial charge on any atom is 0.270 e. The van der Waals surface area contributed by atoms with Crippen LogP contribution in [-0.2, 0) is 0 Å². The van der Waals surface area contributed by atoms with Gasteiger partial charge in [-0.1, -0.05) is 6.07 Å². The summed E-state index contributed by atoms with van der Waals surface area (Å²) in [5, 5.41) is 6.10. The highest BCUT2D eigenvalue weighted by molar-refractivity contribution is 5.92. The minimum absolute atomic E-state index is 0.0594. The zero-order chi connectivity index (χ0) is 13.2. The van der Waals surface area contributed by atoms with Crippen molar-refractivity contribution < 1.29 is 4.79 Å². The molecule has 2 aliphatic heterocycles. The van der Waals surface area contributed by atoms with Crippen molar-refractivity contribution in [3.8, 4) is 0 Å². The molecule has 3 rings (SSSR count). The third-order valence-electron chi connectivity index (χ3n) is 4.16. The van der Waals surface area contributed by atoms with E-state index in [1.54, 1.807) is 13.1 Å². The largest absolute Gasteiger partial charge is 0.373 e. The number of aromatic nitrogens is 1. The molecule has 2 aliphatic rings. The maximum atomic E-state index is 12.2. The van der Waals surface area contributed by atoms with Crippen LogP contribution in [0.3, 0.4) is 0 Å². The predicted octanol–water partition coefficient (Wildman–Crippen LogP) is 1.09. The highest BCUT2D eigenvalue weighted by Crippen LogP contribution is 2.28. The molecule has 1 aromatic rings. The van der Waals surface area contributed by atoms with Crippen molar-refractivity contribution in [2.24, 2.45) is 0 Å². The molecule has 2 saturated heterocycles. The van der Waals surface area contributed by atoms with E-state index in [0.717, 1.165) is 18.8 Å². The van der Waals surface area contributed by atoms with Crippen LogP contribution in [-0.4, -0.2) is 48.0 Å². The van der Waals surface area contributed by atoms with Crippen LogP contribution < -0.4 is 10.6 Å². The fourth-order valence-corrected chi connectivity index (χ4v) is 3.19. The molecule has 19 heavy (non-hydrogen) atoms. The number of amides is 1. The third kappa shape index (κ3) is 2.42. The molecular formula is C14H20N4O. The van der Waals surface area contributed by atoms with Gasteiger partial charge in [0.25, 0.3) is 5.91 Å². The first-order valence-corrected chi connectivity index (χ1v) is 6.97. The summed E-state index contributed by atoms with van der Waals surface area (Å²) in [5.41, 5.74) is 0.489. The van der Waals surface area contributed by atoms with Crippen LogP contribution in [0.25, 0.3) is 0 Å². The Kier molecular flexibility index (Phi) is 3.38. The highest BCUT2D eigenvalue weighted by atomic mass is 16.2. The number of nitrogens with one attached hydrogen (secondary N) is 2. The fraction of sp³-hybridized carbons (Fsp3) is 0.571. The summed E-state index contributed by atoms with van der Waals surface area (Å²) in [7, 11) is 1.80. The van der Waals surface area contributed by atoms with E-state index < -0.39 is 0 Å². The van der Waals surface area contributed by atoms with Gasteiger partial charge in [-0.3, -0.25) is 9.69 Å². The van der Waals surface area contributed by atoms with E-state index in [9.17, 15) is 4.79 Å². The fourth-order valence-electron chi connectivity index (χ4n) is 3.19. The Balaban J connectivity index is 1.67. The minimum atomic E-state index is -0.0594. The maximum absolute atomic E-state index is 12.2. The summed E-state index contributed by atoms with van der Waals surface area (Å²) >= 11 is 0. The average molecular weight is 260 g/mol. The summed E-state index contributed by atoms with van der Waals surface area (Å²) in [6.07, 6.45) is 3.52. The molecule has 0 radical (unpaired) electrons. The summed E-state index contributed by atoms with van der Waals surface area (Å²) in [4.78, 5) is 19.0. The number of rotatable bonds is 3. The Labute approximate surface area is 113 Å². The van der Waals surface area contributed by atoms with E-state index in [2.05, 4.69) is 20.5 Å². The molecule has 2 N–H and O–H groups in total. The number of pyridine rings is 1. The third-order valence-corrected chi connectivity index (χ3v) is 4.16. The lowest BCUT2D eigenvalue weighted by molar-refractivity contribution is 0.0924. The Bertz CT molecular complexity index is 476. The first kappa shape index (κ1) is 12.4. The van der Waals surface area contributed by atoms with Gasteiger partial charge in [-0.15, -0.1) is 0 Å². The normalized spacial score (nSPS) is 26.2. The smallest absolute Gasteiger partial charge is 0.270 e. The van der Waals surface area contributed by atoms with Crippen LogP contribution in [0.2, 0.25) is 0 Å². The van der Waals surface area contributed by atoms with Crippen LogP contribution >= 0.6 is 0 Å². The molecule has 5 nitrogen and oxygen atoms in total. The van der Waals surface area contributed by atoms with Gasteiger partial charge in [0.15, 0.2) is 0 Å². The van der Waals surface area contributed by atoms with E-state index in [1.165, 1.54) is 19.4 Å². The van der Waals surface area contributed by atoms with Gasteiger partial charge in [0, 0.05) is 25.7 Å². The van der Waals surface area contributed by atoms with Gasteiger partial charge in [-0.25, -0.2) is 4.98 Å². The molecule has 3 heterocycles. The Hall–Kier alpha value is -1.62. The molecule has 2 atom stereocenters. The molecule has 102 valence electrons. The Morgan fingerprint density at radius 3 is 3.11 bits per heavy atom. The number of anilines is 1. The van der Waals surface area contributed by atoms with E-state index in [1.807, 2.05) is 12.1 Å². The summed E-state index contributed by atoms with van der Waals surface area (Å²) in [6.45, 7) is 2.30. The van der Waals surface area contributed by atoms with Crippen LogP contribution in [0.4, 0.5) is 5.82 Å². The summed E-state index contributed by atoms with van der Waals surface area (Å²) in [6, 6.07) is 6.29. The van der Waals surface area contributed by atoms with Gasteiger partial charge < -0.3 is 10.6 Å². The van der Waals surface area contributed by atoms with Crippen LogP contribution in [0.5, 0.6) is 0 Å². The molecule has 5 heteroatoms. The average Bonchev–Trinajstić information content (AvgIpc) is 3.04. The lowest BCUT2D eigenvalue weighted by Gasteiger charge is -2.21. The number of carbonyl (C=O) groups excluding carboxylic acids is 1. The monoisotopic (exact) mass is 260 g/mol. The molecule has 2 fully saturated rings. The summed E-state index contributed by atoms with van der Waals surface area (Å²) in [5.74, 6) is 0.664. The van der Waals surface area contributed by atoms with Gasteiger partial charge in [-0.05, 0) is 37.9 Å². The number of fused-ring (bicyclic) bond motifs is 1. The van der Waals surface area contributed by atoms with Crippen LogP contribution in [0.1, 0.15) is 29.8 Å². The van der Waals surface area contributed by atoms with Crippen molar-refractivity contribution in [3.63, 3.8) is 0 Å². The van der Waals surface area contributed by atoms with E-state index in [0.29, 0.717) is 11.7 Å². The van der Waals surface area contributed by atoms with E-state index in [4.69, 9.17) is 0 Å². The Morgan fingerprint density at radius 1 is 1.37 bits per heavy atom. The molecule has 2 unspecified atom stereocenters. The van der Waals surface area contributed by atoms with Gasteiger partial charge in [0.05, 0.1) is 0 Å². The van der Waals surface area contributed by atoms with Crippen molar-refractivity contribution in [1.82, 2.24) is 15.2 Å². The van der Waals surface area contributed by atoms with E-state index >= 15 is 0 Å². The molecule has 0 bridgehead atoms. The van der Waals surface area contributed by atoms with Crippen LogP contribution in [0, 0.1) is 0 Å². The second kappa shape index (κ2) is 5.17. The first-order valence-electron chi connectivity index (χ1n) is 6.97. The van der Waals surface area contributed by atoms with Crippen molar-refractivity contribution in [3.05, 3.63) is 23.9 Å². The number of carbonyl (C=O) groups is 1. The van der Waals surface area contributed by atoms with Crippen molar-refractivity contribution in [2.45, 2.75) is 31.3 Å². The molecule has 0 aromatic carbocycles. The zero-order valence-corrected chi connectivity index (χ0v) is 11.2.